The van der Waals surface area contributed by atoms with Gasteiger partial charge in [-0.05, 0) is 86.9 Å². The lowest BCUT2D eigenvalue weighted by molar-refractivity contribution is -0.116. The fourth-order valence-electron chi connectivity index (χ4n) is 5.45. The maximum atomic E-state index is 12.8. The van der Waals surface area contributed by atoms with E-state index in [4.69, 9.17) is 9.47 Å². The molecule has 0 unspecified atom stereocenters. The zero-order valence-electron chi connectivity index (χ0n) is 20.0. The minimum atomic E-state index is -0.424. The molecular weight excluding hydrogens is 348 g/mol. The molecule has 2 aliphatic carbocycles. The van der Waals surface area contributed by atoms with Crippen molar-refractivity contribution < 1.29 is 14.3 Å². The molecule has 2 aliphatic rings. The molecule has 0 heterocycles. The van der Waals surface area contributed by atoms with Crippen molar-refractivity contribution in [3.63, 3.8) is 0 Å². The Hall–Kier alpha value is -0.730. The second-order valence-corrected chi connectivity index (χ2v) is 11.8. The highest BCUT2D eigenvalue weighted by atomic mass is 16.7. The highest BCUT2D eigenvalue weighted by Gasteiger charge is 2.44. The van der Waals surface area contributed by atoms with E-state index < -0.39 is 6.16 Å². The molecular formula is C25H46O3. The summed E-state index contributed by atoms with van der Waals surface area (Å²) in [6, 6.07) is 0. The first-order valence-electron chi connectivity index (χ1n) is 11.8. The lowest BCUT2D eigenvalue weighted by Gasteiger charge is -2.45. The molecule has 0 saturated heterocycles. The standard InChI is InChI=1S/C25H46O3/c1-9-24(15-11-19(12-16-24)22(3,4)5)27-21(26)28-25(10-2)17-13-20(14-18-25)23(6,7)8/h19-20H,9-18H2,1-8H3. The Labute approximate surface area is 174 Å². The molecule has 0 aromatic carbocycles. The van der Waals surface area contributed by atoms with Crippen molar-refractivity contribution in [3.05, 3.63) is 0 Å². The number of hydrogen-bond donors (Lipinski definition) is 0. The summed E-state index contributed by atoms with van der Waals surface area (Å²) < 4.78 is 12.1. The van der Waals surface area contributed by atoms with Gasteiger partial charge in [-0.1, -0.05) is 55.4 Å². The van der Waals surface area contributed by atoms with Crippen molar-refractivity contribution in [2.24, 2.45) is 22.7 Å². The maximum Gasteiger partial charge on any atom is 0.509 e. The minimum absolute atomic E-state index is 0.323. The van der Waals surface area contributed by atoms with Crippen molar-refractivity contribution >= 4 is 6.16 Å². The predicted molar refractivity (Wildman–Crippen MR) is 116 cm³/mol. The van der Waals surface area contributed by atoms with Gasteiger partial charge in [0.15, 0.2) is 0 Å². The molecule has 0 aromatic heterocycles. The summed E-state index contributed by atoms with van der Waals surface area (Å²) in [4.78, 5) is 12.8. The van der Waals surface area contributed by atoms with Gasteiger partial charge in [0, 0.05) is 0 Å². The van der Waals surface area contributed by atoms with Crippen molar-refractivity contribution in [2.75, 3.05) is 0 Å². The molecule has 0 atom stereocenters. The maximum absolute atomic E-state index is 12.8. The van der Waals surface area contributed by atoms with E-state index in [-0.39, 0.29) is 11.2 Å². The van der Waals surface area contributed by atoms with Crippen LogP contribution in [0.4, 0.5) is 4.79 Å². The summed E-state index contributed by atoms with van der Waals surface area (Å²) in [5, 5.41) is 0. The van der Waals surface area contributed by atoms with Gasteiger partial charge < -0.3 is 9.47 Å². The van der Waals surface area contributed by atoms with E-state index in [0.717, 1.165) is 64.2 Å². The fraction of sp³-hybridized carbons (Fsp3) is 0.960. The van der Waals surface area contributed by atoms with Crippen LogP contribution in [0, 0.1) is 22.7 Å². The molecule has 0 N–H and O–H groups in total. The van der Waals surface area contributed by atoms with Crippen LogP contribution in [-0.2, 0) is 9.47 Å². The highest BCUT2D eigenvalue weighted by molar-refractivity contribution is 5.61. The summed E-state index contributed by atoms with van der Waals surface area (Å²) in [7, 11) is 0. The van der Waals surface area contributed by atoms with Crippen LogP contribution >= 0.6 is 0 Å². The molecule has 0 bridgehead atoms. The Balaban J connectivity index is 1.94. The Morgan fingerprint density at radius 2 is 1.00 bits per heavy atom. The molecule has 2 rings (SSSR count). The van der Waals surface area contributed by atoms with E-state index >= 15 is 0 Å². The monoisotopic (exact) mass is 394 g/mol. The zero-order valence-corrected chi connectivity index (χ0v) is 20.0. The summed E-state index contributed by atoms with van der Waals surface area (Å²) in [5.74, 6) is 1.42. The van der Waals surface area contributed by atoms with Gasteiger partial charge >= 0.3 is 6.16 Å². The van der Waals surface area contributed by atoms with Crippen molar-refractivity contribution in [1.29, 1.82) is 0 Å². The van der Waals surface area contributed by atoms with Crippen LogP contribution in [0.15, 0.2) is 0 Å². The van der Waals surface area contributed by atoms with Crippen LogP contribution in [0.25, 0.3) is 0 Å². The summed E-state index contributed by atoms with van der Waals surface area (Å²) in [5.41, 5.74) is 0.0174. The van der Waals surface area contributed by atoms with Gasteiger partial charge in [-0.2, -0.15) is 0 Å². The van der Waals surface area contributed by atoms with Gasteiger partial charge in [-0.15, -0.1) is 0 Å². The summed E-state index contributed by atoms with van der Waals surface area (Å²) in [6.45, 7) is 18.2. The number of carbonyl (C=O) groups is 1. The van der Waals surface area contributed by atoms with E-state index in [2.05, 4.69) is 55.4 Å². The average Bonchev–Trinajstić information content (AvgIpc) is 2.60. The molecule has 3 nitrogen and oxygen atoms in total. The van der Waals surface area contributed by atoms with Crippen LogP contribution in [0.3, 0.4) is 0 Å². The molecule has 164 valence electrons. The Bertz CT molecular complexity index is 461. The summed E-state index contributed by atoms with van der Waals surface area (Å²) >= 11 is 0. The van der Waals surface area contributed by atoms with Crippen molar-refractivity contribution in [2.45, 2.75) is 131 Å². The first-order chi connectivity index (χ1) is 12.8. The van der Waals surface area contributed by atoms with Gasteiger partial charge in [0.1, 0.15) is 11.2 Å². The van der Waals surface area contributed by atoms with E-state index in [0.29, 0.717) is 22.7 Å². The molecule has 2 fully saturated rings. The van der Waals surface area contributed by atoms with E-state index in [9.17, 15) is 4.79 Å². The van der Waals surface area contributed by atoms with Gasteiger partial charge in [-0.3, -0.25) is 0 Å². The molecule has 0 amide bonds. The number of carbonyl (C=O) groups excluding carboxylic acids is 1. The lowest BCUT2D eigenvalue weighted by Crippen LogP contribution is -2.45. The third-order valence-corrected chi connectivity index (χ3v) is 8.13. The van der Waals surface area contributed by atoms with E-state index in [1.165, 1.54) is 0 Å². The van der Waals surface area contributed by atoms with Crippen LogP contribution < -0.4 is 0 Å². The third-order valence-electron chi connectivity index (χ3n) is 8.13. The van der Waals surface area contributed by atoms with Crippen LogP contribution in [0.2, 0.25) is 0 Å². The molecule has 0 aromatic rings. The van der Waals surface area contributed by atoms with Gasteiger partial charge in [0.05, 0.1) is 0 Å². The zero-order chi connectivity index (χ0) is 21.2. The van der Waals surface area contributed by atoms with E-state index in [1.54, 1.807) is 0 Å². The molecule has 28 heavy (non-hydrogen) atoms. The van der Waals surface area contributed by atoms with Crippen LogP contribution in [-0.4, -0.2) is 17.4 Å². The van der Waals surface area contributed by atoms with Gasteiger partial charge in [-0.25, -0.2) is 4.79 Å². The SMILES string of the molecule is CCC1(OC(=O)OC2(CC)CCC(C(C)(C)C)CC2)CCC(C(C)(C)C)CC1. The third kappa shape index (κ3) is 5.66. The fourth-order valence-corrected chi connectivity index (χ4v) is 5.45. The largest absolute Gasteiger partial charge is 0.509 e. The summed E-state index contributed by atoms with van der Waals surface area (Å²) in [6.07, 6.45) is 9.73. The Kier molecular flexibility index (Phi) is 7.20. The normalized spacial score (nSPS) is 34.7. The van der Waals surface area contributed by atoms with Crippen LogP contribution in [0.5, 0.6) is 0 Å². The number of rotatable bonds is 4. The quantitative estimate of drug-likeness (QED) is 0.454. The molecule has 0 aliphatic heterocycles. The van der Waals surface area contributed by atoms with E-state index in [1.807, 2.05) is 0 Å². The smallest absolute Gasteiger partial charge is 0.428 e. The van der Waals surface area contributed by atoms with Gasteiger partial charge in [0.25, 0.3) is 0 Å². The molecule has 0 radical (unpaired) electrons. The van der Waals surface area contributed by atoms with Crippen molar-refractivity contribution in [3.8, 4) is 0 Å². The lowest BCUT2D eigenvalue weighted by atomic mass is 9.67. The number of ether oxygens (including phenoxy) is 2. The second kappa shape index (κ2) is 8.56. The van der Waals surface area contributed by atoms with Gasteiger partial charge in [0.2, 0.25) is 0 Å². The Morgan fingerprint density at radius 1 is 0.714 bits per heavy atom. The van der Waals surface area contributed by atoms with Crippen molar-refractivity contribution in [1.82, 2.24) is 0 Å². The molecule has 3 heteroatoms. The first-order valence-corrected chi connectivity index (χ1v) is 11.8. The topological polar surface area (TPSA) is 35.5 Å². The highest BCUT2D eigenvalue weighted by Crippen LogP contribution is 2.46. The molecule has 0 spiro atoms. The predicted octanol–water partition coefficient (Wildman–Crippen LogP) is 7.91. The number of hydrogen-bond acceptors (Lipinski definition) is 3. The minimum Gasteiger partial charge on any atom is -0.428 e. The van der Waals surface area contributed by atoms with Crippen LogP contribution in [0.1, 0.15) is 120 Å². The molecule has 2 saturated carbocycles. The average molecular weight is 395 g/mol. The Morgan fingerprint density at radius 3 is 1.21 bits per heavy atom. The first kappa shape index (κ1) is 23.5. The second-order valence-electron chi connectivity index (χ2n) is 11.8.